The van der Waals surface area contributed by atoms with Crippen molar-refractivity contribution in [1.29, 1.82) is 0 Å². The second-order valence-corrected chi connectivity index (χ2v) is 4.90. The Morgan fingerprint density at radius 3 is 2.48 bits per heavy atom. The van der Waals surface area contributed by atoms with Gasteiger partial charge in [0.15, 0.2) is 0 Å². The number of carboxylic acid groups (broad SMARTS) is 1. The zero-order chi connectivity index (χ0) is 16.2. The second kappa shape index (κ2) is 6.21. The van der Waals surface area contributed by atoms with E-state index in [1.54, 1.807) is 6.92 Å². The number of nitro groups is 1. The first kappa shape index (κ1) is 16.4. The van der Waals surface area contributed by atoms with Gasteiger partial charge in [0.05, 0.1) is 4.92 Å². The fraction of sp³-hybridized carbons (Fsp3) is 0.385. The molecule has 1 aromatic rings. The molecule has 1 aromatic carbocycles. The summed E-state index contributed by atoms with van der Waals surface area (Å²) in [6.07, 6.45) is 0. The van der Waals surface area contributed by atoms with Crippen molar-refractivity contribution >= 4 is 23.3 Å². The summed E-state index contributed by atoms with van der Waals surface area (Å²) in [4.78, 5) is 33.2. The largest absolute Gasteiger partial charge is 0.480 e. The van der Waals surface area contributed by atoms with E-state index < -0.39 is 16.4 Å². The zero-order valence-corrected chi connectivity index (χ0v) is 12.0. The van der Waals surface area contributed by atoms with E-state index in [9.17, 15) is 19.7 Å². The van der Waals surface area contributed by atoms with Gasteiger partial charge in [0, 0.05) is 18.2 Å². The Morgan fingerprint density at radius 1 is 1.38 bits per heavy atom. The number of hydrogen-bond acceptors (Lipinski definition) is 5. The van der Waals surface area contributed by atoms with E-state index in [4.69, 9.17) is 5.11 Å². The number of nitrogens with one attached hydrogen (secondary N) is 2. The number of nitrogens with zero attached hydrogens (tertiary/aromatic N) is 1. The van der Waals surface area contributed by atoms with Crippen molar-refractivity contribution in [2.75, 3.05) is 11.9 Å². The SMILES string of the molecule is CCNC(=O)c1ccc([N+](=O)[O-])c(NC(C)(C)C(=O)O)c1. The Bertz CT molecular complexity index is 583. The highest BCUT2D eigenvalue weighted by atomic mass is 16.6. The molecule has 0 bridgehead atoms. The number of carbonyl (C=O) groups is 2. The van der Waals surface area contributed by atoms with Crippen LogP contribution in [0.25, 0.3) is 0 Å². The van der Waals surface area contributed by atoms with Crippen LogP contribution in [0.5, 0.6) is 0 Å². The first-order chi connectivity index (χ1) is 9.69. The fourth-order valence-corrected chi connectivity index (χ4v) is 1.59. The number of amides is 1. The van der Waals surface area contributed by atoms with Crippen molar-refractivity contribution in [1.82, 2.24) is 5.32 Å². The molecule has 1 rings (SSSR count). The molecule has 0 aliphatic heterocycles. The zero-order valence-electron chi connectivity index (χ0n) is 12.0. The summed E-state index contributed by atoms with van der Waals surface area (Å²) in [6, 6.07) is 3.76. The van der Waals surface area contributed by atoms with Crippen molar-refractivity contribution in [3.63, 3.8) is 0 Å². The standard InChI is InChI=1S/C13H17N3O5/c1-4-14-11(17)8-5-6-10(16(20)21)9(7-8)15-13(2,3)12(18)19/h5-7,15H,4H2,1-3H3,(H,14,17)(H,18,19). The lowest BCUT2D eigenvalue weighted by atomic mass is 10.0. The molecule has 0 heterocycles. The Balaban J connectivity index is 3.25. The Hall–Kier alpha value is -2.64. The molecule has 0 radical (unpaired) electrons. The quantitative estimate of drug-likeness (QED) is 0.541. The van der Waals surface area contributed by atoms with Gasteiger partial charge < -0.3 is 15.7 Å². The summed E-state index contributed by atoms with van der Waals surface area (Å²) in [7, 11) is 0. The molecule has 0 fully saturated rings. The molecule has 1 amide bonds. The molecule has 114 valence electrons. The van der Waals surface area contributed by atoms with E-state index in [1.807, 2.05) is 0 Å². The molecule has 0 spiro atoms. The summed E-state index contributed by atoms with van der Waals surface area (Å²) >= 11 is 0. The molecular weight excluding hydrogens is 278 g/mol. The van der Waals surface area contributed by atoms with E-state index >= 15 is 0 Å². The highest BCUT2D eigenvalue weighted by Gasteiger charge is 2.30. The van der Waals surface area contributed by atoms with Crippen LogP contribution in [0.2, 0.25) is 0 Å². The van der Waals surface area contributed by atoms with Gasteiger partial charge in [-0.2, -0.15) is 0 Å². The minimum absolute atomic E-state index is 0.0175. The lowest BCUT2D eigenvalue weighted by Gasteiger charge is -2.22. The monoisotopic (exact) mass is 295 g/mol. The maximum Gasteiger partial charge on any atom is 0.328 e. The number of anilines is 1. The Kier molecular flexibility index (Phi) is 4.85. The second-order valence-electron chi connectivity index (χ2n) is 4.90. The van der Waals surface area contributed by atoms with E-state index in [-0.39, 0.29) is 22.8 Å². The molecule has 0 aliphatic rings. The lowest BCUT2D eigenvalue weighted by molar-refractivity contribution is -0.384. The molecule has 0 aromatic heterocycles. The number of carboxylic acids is 1. The predicted molar refractivity (Wildman–Crippen MR) is 76.4 cm³/mol. The van der Waals surface area contributed by atoms with Gasteiger partial charge in [-0.15, -0.1) is 0 Å². The number of rotatable bonds is 6. The van der Waals surface area contributed by atoms with Gasteiger partial charge in [0.2, 0.25) is 0 Å². The highest BCUT2D eigenvalue weighted by molar-refractivity contribution is 5.96. The van der Waals surface area contributed by atoms with Gasteiger partial charge >= 0.3 is 5.97 Å². The van der Waals surface area contributed by atoms with Gasteiger partial charge in [-0.1, -0.05) is 0 Å². The van der Waals surface area contributed by atoms with Crippen molar-refractivity contribution in [3.05, 3.63) is 33.9 Å². The van der Waals surface area contributed by atoms with Gasteiger partial charge in [-0.3, -0.25) is 14.9 Å². The topological polar surface area (TPSA) is 122 Å². The van der Waals surface area contributed by atoms with Gasteiger partial charge in [-0.25, -0.2) is 4.79 Å². The van der Waals surface area contributed by atoms with Crippen molar-refractivity contribution in [2.45, 2.75) is 26.3 Å². The Morgan fingerprint density at radius 2 is 2.00 bits per heavy atom. The normalized spacial score (nSPS) is 10.8. The third kappa shape index (κ3) is 3.91. The van der Waals surface area contributed by atoms with Crippen LogP contribution in [0, 0.1) is 10.1 Å². The summed E-state index contributed by atoms with van der Waals surface area (Å²) in [5.74, 6) is -1.55. The predicted octanol–water partition coefficient (Wildman–Crippen LogP) is 1.62. The van der Waals surface area contributed by atoms with Crippen LogP contribution in [0.15, 0.2) is 18.2 Å². The van der Waals surface area contributed by atoms with Crippen LogP contribution in [-0.2, 0) is 4.79 Å². The highest BCUT2D eigenvalue weighted by Crippen LogP contribution is 2.28. The summed E-state index contributed by atoms with van der Waals surface area (Å²) in [5.41, 5.74) is -1.51. The minimum Gasteiger partial charge on any atom is -0.480 e. The first-order valence-electron chi connectivity index (χ1n) is 6.27. The minimum atomic E-state index is -1.41. The van der Waals surface area contributed by atoms with E-state index in [1.165, 1.54) is 32.0 Å². The van der Waals surface area contributed by atoms with Crippen LogP contribution in [0.3, 0.4) is 0 Å². The smallest absolute Gasteiger partial charge is 0.328 e. The van der Waals surface area contributed by atoms with E-state index in [0.717, 1.165) is 0 Å². The van der Waals surface area contributed by atoms with Crippen molar-refractivity contribution in [3.8, 4) is 0 Å². The third-order valence-corrected chi connectivity index (χ3v) is 2.77. The molecule has 0 unspecified atom stereocenters. The average molecular weight is 295 g/mol. The molecule has 0 atom stereocenters. The fourth-order valence-electron chi connectivity index (χ4n) is 1.59. The molecular formula is C13H17N3O5. The van der Waals surface area contributed by atoms with Crippen molar-refractivity contribution in [2.24, 2.45) is 0 Å². The molecule has 8 heteroatoms. The number of nitro benzene ring substituents is 1. The molecule has 0 saturated carbocycles. The van der Waals surface area contributed by atoms with Crippen LogP contribution < -0.4 is 10.6 Å². The summed E-state index contributed by atoms with van der Waals surface area (Å²) in [6.45, 7) is 4.91. The first-order valence-corrected chi connectivity index (χ1v) is 6.27. The number of benzene rings is 1. The number of carbonyl (C=O) groups excluding carboxylic acids is 1. The van der Waals surface area contributed by atoms with Crippen LogP contribution in [0.1, 0.15) is 31.1 Å². The van der Waals surface area contributed by atoms with Crippen LogP contribution in [0.4, 0.5) is 11.4 Å². The maximum atomic E-state index is 11.8. The van der Waals surface area contributed by atoms with Gasteiger partial charge in [-0.05, 0) is 32.9 Å². The molecule has 3 N–H and O–H groups in total. The van der Waals surface area contributed by atoms with Gasteiger partial charge in [0.25, 0.3) is 11.6 Å². The average Bonchev–Trinajstić information content (AvgIpc) is 2.37. The molecule has 0 aliphatic carbocycles. The van der Waals surface area contributed by atoms with Crippen LogP contribution in [-0.4, -0.2) is 34.0 Å². The van der Waals surface area contributed by atoms with E-state index in [2.05, 4.69) is 10.6 Å². The number of aliphatic carboxylic acids is 1. The number of hydrogen-bond donors (Lipinski definition) is 3. The van der Waals surface area contributed by atoms with Gasteiger partial charge in [0.1, 0.15) is 11.2 Å². The maximum absolute atomic E-state index is 11.8. The summed E-state index contributed by atoms with van der Waals surface area (Å²) in [5, 5.41) is 25.2. The third-order valence-electron chi connectivity index (χ3n) is 2.77. The summed E-state index contributed by atoms with van der Waals surface area (Å²) < 4.78 is 0. The molecule has 0 saturated heterocycles. The van der Waals surface area contributed by atoms with Crippen LogP contribution >= 0.6 is 0 Å². The molecule has 21 heavy (non-hydrogen) atoms. The molecule has 8 nitrogen and oxygen atoms in total. The van der Waals surface area contributed by atoms with E-state index in [0.29, 0.717) is 6.54 Å². The Labute approximate surface area is 121 Å². The lowest BCUT2D eigenvalue weighted by Crippen LogP contribution is -2.40. The van der Waals surface area contributed by atoms with Crippen molar-refractivity contribution < 1.29 is 19.6 Å².